The third kappa shape index (κ3) is 3.35. The maximum absolute atomic E-state index is 12.1. The summed E-state index contributed by atoms with van der Waals surface area (Å²) in [5.41, 5.74) is 0. The van der Waals surface area contributed by atoms with Crippen LogP contribution in [0.25, 0.3) is 0 Å². The van der Waals surface area contributed by atoms with Crippen LogP contribution >= 0.6 is 15.9 Å². The highest BCUT2D eigenvalue weighted by Gasteiger charge is 2.16. The molecule has 0 spiro atoms. The van der Waals surface area contributed by atoms with E-state index in [0.29, 0.717) is 16.1 Å². The van der Waals surface area contributed by atoms with Crippen LogP contribution in [0.2, 0.25) is 0 Å². The van der Waals surface area contributed by atoms with E-state index in [4.69, 9.17) is 9.26 Å². The van der Waals surface area contributed by atoms with Crippen molar-refractivity contribution in [2.45, 2.75) is 18.4 Å². The molecule has 0 aliphatic rings. The third-order valence-electron chi connectivity index (χ3n) is 2.42. The number of rotatable bonds is 5. The number of hydrogen-bond donors (Lipinski definition) is 1. The van der Waals surface area contributed by atoms with Gasteiger partial charge in [0, 0.05) is 6.92 Å². The van der Waals surface area contributed by atoms with Crippen molar-refractivity contribution in [2.24, 2.45) is 0 Å². The molecule has 0 saturated carbocycles. The molecule has 1 N–H and O–H groups in total. The zero-order valence-corrected chi connectivity index (χ0v) is 13.2. The van der Waals surface area contributed by atoms with Crippen molar-refractivity contribution in [3.05, 3.63) is 34.4 Å². The van der Waals surface area contributed by atoms with Gasteiger partial charge >= 0.3 is 0 Å². The number of sulfonamides is 1. The normalized spacial score (nSPS) is 11.6. The summed E-state index contributed by atoms with van der Waals surface area (Å²) in [6, 6.07) is 4.48. The monoisotopic (exact) mass is 361 g/mol. The molecule has 2 aromatic rings. The molecule has 0 amide bonds. The van der Waals surface area contributed by atoms with E-state index in [2.05, 4.69) is 30.8 Å². The number of ether oxygens (including phenoxy) is 1. The van der Waals surface area contributed by atoms with Gasteiger partial charge in [-0.15, -0.1) is 0 Å². The van der Waals surface area contributed by atoms with E-state index >= 15 is 0 Å². The van der Waals surface area contributed by atoms with E-state index in [9.17, 15) is 8.42 Å². The Bertz CT molecular complexity index is 714. The third-order valence-corrected chi connectivity index (χ3v) is 4.44. The first-order valence-corrected chi connectivity index (χ1v) is 7.82. The summed E-state index contributed by atoms with van der Waals surface area (Å²) in [5, 5.41) is 3.62. The molecule has 1 aromatic carbocycles. The molecule has 0 atom stereocenters. The first-order valence-electron chi connectivity index (χ1n) is 5.55. The summed E-state index contributed by atoms with van der Waals surface area (Å²) < 4.78 is 37.0. The summed E-state index contributed by atoms with van der Waals surface area (Å²) in [6.07, 6.45) is 0. The van der Waals surface area contributed by atoms with E-state index in [1.807, 2.05) is 0 Å². The lowest BCUT2D eigenvalue weighted by molar-refractivity contribution is 0.387. The van der Waals surface area contributed by atoms with Crippen LogP contribution in [-0.4, -0.2) is 25.7 Å². The lowest BCUT2D eigenvalue weighted by atomic mass is 10.3. The van der Waals surface area contributed by atoms with Crippen molar-refractivity contribution in [2.75, 3.05) is 7.11 Å². The Morgan fingerprint density at radius 2 is 2.20 bits per heavy atom. The highest BCUT2D eigenvalue weighted by molar-refractivity contribution is 9.10. The minimum atomic E-state index is -3.65. The lowest BCUT2D eigenvalue weighted by Crippen LogP contribution is -2.23. The van der Waals surface area contributed by atoms with Crippen molar-refractivity contribution in [3.8, 4) is 5.75 Å². The number of aromatic nitrogens is 2. The largest absolute Gasteiger partial charge is 0.496 e. The number of benzene rings is 1. The molecule has 1 aromatic heterocycles. The minimum absolute atomic E-state index is 0.0384. The van der Waals surface area contributed by atoms with Crippen molar-refractivity contribution in [1.29, 1.82) is 0 Å². The van der Waals surface area contributed by atoms with E-state index < -0.39 is 10.0 Å². The van der Waals surface area contributed by atoms with E-state index in [0.717, 1.165) is 0 Å². The topological polar surface area (TPSA) is 94.3 Å². The Labute approximate surface area is 124 Å². The van der Waals surface area contributed by atoms with Crippen molar-refractivity contribution >= 4 is 26.0 Å². The van der Waals surface area contributed by atoms with Gasteiger partial charge in [-0.3, -0.25) is 0 Å². The average molecular weight is 362 g/mol. The van der Waals surface area contributed by atoms with Gasteiger partial charge < -0.3 is 9.26 Å². The zero-order valence-electron chi connectivity index (χ0n) is 10.8. The summed E-state index contributed by atoms with van der Waals surface area (Å²) in [6.45, 7) is 1.59. The average Bonchev–Trinajstić information content (AvgIpc) is 2.82. The predicted octanol–water partition coefficient (Wildman–Crippen LogP) is 1.63. The van der Waals surface area contributed by atoms with E-state index in [1.54, 1.807) is 13.0 Å². The molecule has 7 nitrogen and oxygen atoms in total. The van der Waals surface area contributed by atoms with Crippen LogP contribution in [0, 0.1) is 6.92 Å². The smallest absolute Gasteiger partial charge is 0.241 e. The van der Waals surface area contributed by atoms with Gasteiger partial charge in [0.2, 0.25) is 15.9 Å². The second-order valence-electron chi connectivity index (χ2n) is 3.85. The summed E-state index contributed by atoms with van der Waals surface area (Å²) >= 11 is 3.24. The zero-order chi connectivity index (χ0) is 14.8. The fourth-order valence-corrected chi connectivity index (χ4v) is 3.17. The standard InChI is InChI=1S/C11H12BrN3O4S/c1-7-14-11(15-19-7)6-13-20(16,17)8-3-4-10(18-2)9(12)5-8/h3-5,13H,6H2,1-2H3. The Hall–Kier alpha value is -1.45. The quantitative estimate of drug-likeness (QED) is 0.869. The van der Waals surface area contributed by atoms with Gasteiger partial charge in [-0.05, 0) is 34.1 Å². The number of halogens is 1. The number of methoxy groups -OCH3 is 1. The van der Waals surface area contributed by atoms with E-state index in [-0.39, 0.29) is 17.3 Å². The fourth-order valence-electron chi connectivity index (χ4n) is 1.47. The Balaban J connectivity index is 2.15. The molecule has 0 aliphatic heterocycles. The lowest BCUT2D eigenvalue weighted by Gasteiger charge is -2.07. The predicted molar refractivity (Wildman–Crippen MR) is 73.8 cm³/mol. The Kier molecular flexibility index (Phi) is 4.41. The summed E-state index contributed by atoms with van der Waals surface area (Å²) in [4.78, 5) is 4.03. The Morgan fingerprint density at radius 3 is 2.75 bits per heavy atom. The second-order valence-corrected chi connectivity index (χ2v) is 6.47. The highest BCUT2D eigenvalue weighted by atomic mass is 79.9. The minimum Gasteiger partial charge on any atom is -0.496 e. The van der Waals surface area contributed by atoms with Gasteiger partial charge in [0.25, 0.3) is 0 Å². The molecular formula is C11H12BrN3O4S. The van der Waals surface area contributed by atoms with E-state index in [1.165, 1.54) is 19.2 Å². The summed E-state index contributed by atoms with van der Waals surface area (Å²) in [7, 11) is -2.15. The maximum atomic E-state index is 12.1. The van der Waals surface area contributed by atoms with Gasteiger partial charge in [0.1, 0.15) is 5.75 Å². The summed E-state index contributed by atoms with van der Waals surface area (Å²) in [5.74, 6) is 1.21. The van der Waals surface area contributed by atoms with Crippen LogP contribution in [0.15, 0.2) is 32.1 Å². The molecule has 0 fully saturated rings. The number of nitrogens with zero attached hydrogens (tertiary/aromatic N) is 2. The number of nitrogens with one attached hydrogen (secondary N) is 1. The molecule has 1 heterocycles. The van der Waals surface area contributed by atoms with Crippen LogP contribution in [0.1, 0.15) is 11.7 Å². The highest BCUT2D eigenvalue weighted by Crippen LogP contribution is 2.27. The van der Waals surface area contributed by atoms with Gasteiger partial charge in [-0.1, -0.05) is 5.16 Å². The van der Waals surface area contributed by atoms with Crippen molar-refractivity contribution in [3.63, 3.8) is 0 Å². The molecule has 20 heavy (non-hydrogen) atoms. The molecule has 9 heteroatoms. The van der Waals surface area contributed by atoms with Crippen LogP contribution in [-0.2, 0) is 16.6 Å². The molecule has 0 radical (unpaired) electrons. The van der Waals surface area contributed by atoms with Crippen LogP contribution < -0.4 is 9.46 Å². The fraction of sp³-hybridized carbons (Fsp3) is 0.273. The number of hydrogen-bond acceptors (Lipinski definition) is 6. The van der Waals surface area contributed by atoms with Crippen LogP contribution in [0.3, 0.4) is 0 Å². The maximum Gasteiger partial charge on any atom is 0.241 e. The van der Waals surface area contributed by atoms with Gasteiger partial charge in [-0.25, -0.2) is 13.1 Å². The molecule has 2 rings (SSSR count). The molecular weight excluding hydrogens is 350 g/mol. The van der Waals surface area contributed by atoms with Gasteiger partial charge in [0.05, 0.1) is 23.0 Å². The van der Waals surface area contributed by atoms with Crippen LogP contribution in [0.5, 0.6) is 5.75 Å². The second kappa shape index (κ2) is 5.90. The van der Waals surface area contributed by atoms with Crippen molar-refractivity contribution < 1.29 is 17.7 Å². The van der Waals surface area contributed by atoms with Gasteiger partial charge in [0.15, 0.2) is 5.82 Å². The first kappa shape index (κ1) is 14.9. The molecule has 0 unspecified atom stereocenters. The molecule has 0 bridgehead atoms. The molecule has 108 valence electrons. The molecule has 0 saturated heterocycles. The SMILES string of the molecule is COc1ccc(S(=O)(=O)NCc2noc(C)n2)cc1Br. The Morgan fingerprint density at radius 1 is 1.45 bits per heavy atom. The first-order chi connectivity index (χ1) is 9.42. The van der Waals surface area contributed by atoms with Crippen molar-refractivity contribution in [1.82, 2.24) is 14.9 Å². The van der Waals surface area contributed by atoms with Crippen LogP contribution in [0.4, 0.5) is 0 Å². The molecule has 0 aliphatic carbocycles. The number of aryl methyl sites for hydroxylation is 1. The van der Waals surface area contributed by atoms with Gasteiger partial charge in [-0.2, -0.15) is 4.98 Å².